The third-order valence-corrected chi connectivity index (χ3v) is 6.07. The summed E-state index contributed by atoms with van der Waals surface area (Å²) in [6.07, 6.45) is 2.20. The van der Waals surface area contributed by atoms with Gasteiger partial charge in [0.2, 0.25) is 0 Å². The molecular weight excluding hydrogens is 404 g/mol. The predicted octanol–water partition coefficient (Wildman–Crippen LogP) is 3.64. The van der Waals surface area contributed by atoms with Crippen LogP contribution in [0.15, 0.2) is 53.3 Å². The summed E-state index contributed by atoms with van der Waals surface area (Å²) in [5, 5.41) is 6.46. The number of nitrogens with two attached hydrogens (primary N) is 1. The molecule has 0 spiro atoms. The molecule has 1 heterocycles. The number of pyridine rings is 1. The standard InChI is InChI=1S/C25H26N4O3/c1-14-7-5-10-19(15(14)2)27-20-9-4-3-8-16(20)24(31)28-21-11-6-12-22-17(21)13-18(23(26)30)25(32)29-22/h3-5,7-10,13,21,27H,6,11-12H2,1-2H3,(H2,26,30)(H,28,31)(H,29,32). The Kier molecular flexibility index (Phi) is 5.81. The van der Waals surface area contributed by atoms with Gasteiger partial charge in [0.1, 0.15) is 5.56 Å². The van der Waals surface area contributed by atoms with Crippen molar-refractivity contribution in [2.75, 3.05) is 5.32 Å². The van der Waals surface area contributed by atoms with Gasteiger partial charge in [-0.3, -0.25) is 14.4 Å². The Morgan fingerprint density at radius 2 is 1.78 bits per heavy atom. The Morgan fingerprint density at radius 3 is 2.56 bits per heavy atom. The number of carbonyl (C=O) groups excluding carboxylic acids is 2. The van der Waals surface area contributed by atoms with Crippen LogP contribution in [-0.2, 0) is 6.42 Å². The first kappa shape index (κ1) is 21.4. The van der Waals surface area contributed by atoms with E-state index >= 15 is 0 Å². The van der Waals surface area contributed by atoms with Gasteiger partial charge in [-0.25, -0.2) is 0 Å². The van der Waals surface area contributed by atoms with Gasteiger partial charge in [0.15, 0.2) is 0 Å². The number of anilines is 2. The molecule has 3 aromatic rings. The first-order valence-corrected chi connectivity index (χ1v) is 10.6. The van der Waals surface area contributed by atoms with Crippen molar-refractivity contribution in [3.05, 3.63) is 92.4 Å². The number of rotatable bonds is 5. The molecule has 7 heteroatoms. The highest BCUT2D eigenvalue weighted by Gasteiger charge is 2.26. The lowest BCUT2D eigenvalue weighted by Gasteiger charge is -2.27. The average molecular weight is 431 g/mol. The molecule has 0 fully saturated rings. The van der Waals surface area contributed by atoms with E-state index in [2.05, 4.69) is 15.6 Å². The lowest BCUT2D eigenvalue weighted by Crippen LogP contribution is -2.34. The Labute approximate surface area is 186 Å². The number of fused-ring (bicyclic) bond motifs is 1. The van der Waals surface area contributed by atoms with Crippen LogP contribution in [0.1, 0.15) is 62.0 Å². The number of benzene rings is 2. The first-order valence-electron chi connectivity index (χ1n) is 10.6. The second-order valence-corrected chi connectivity index (χ2v) is 8.15. The molecule has 1 aliphatic rings. The third-order valence-electron chi connectivity index (χ3n) is 6.07. The minimum Gasteiger partial charge on any atom is -0.365 e. The zero-order chi connectivity index (χ0) is 22.8. The quantitative estimate of drug-likeness (QED) is 0.494. The topological polar surface area (TPSA) is 117 Å². The maximum absolute atomic E-state index is 13.3. The summed E-state index contributed by atoms with van der Waals surface area (Å²) in [6, 6.07) is 14.5. The number of nitrogens with one attached hydrogen (secondary N) is 3. The van der Waals surface area contributed by atoms with E-state index in [4.69, 9.17) is 5.73 Å². The van der Waals surface area contributed by atoms with Crippen molar-refractivity contribution >= 4 is 23.2 Å². The molecule has 5 N–H and O–H groups in total. The van der Waals surface area contributed by atoms with Crippen LogP contribution in [0.4, 0.5) is 11.4 Å². The molecule has 32 heavy (non-hydrogen) atoms. The summed E-state index contributed by atoms with van der Waals surface area (Å²) in [5.41, 5.74) is 10.7. The molecular formula is C25H26N4O3. The zero-order valence-electron chi connectivity index (χ0n) is 18.1. The molecule has 2 amide bonds. The molecule has 0 bridgehead atoms. The molecule has 164 valence electrons. The van der Waals surface area contributed by atoms with E-state index in [1.165, 1.54) is 6.07 Å². The van der Waals surface area contributed by atoms with E-state index in [-0.39, 0.29) is 17.5 Å². The SMILES string of the molecule is Cc1cccc(Nc2ccccc2C(=O)NC2CCCc3[nH]c(=O)c(C(N)=O)cc32)c1C. The molecule has 0 radical (unpaired) electrons. The number of aromatic amines is 1. The summed E-state index contributed by atoms with van der Waals surface area (Å²) in [7, 11) is 0. The number of hydrogen-bond acceptors (Lipinski definition) is 4. The molecule has 1 aromatic heterocycles. The summed E-state index contributed by atoms with van der Waals surface area (Å²) in [6.45, 7) is 4.08. The minimum absolute atomic E-state index is 0.0955. The van der Waals surface area contributed by atoms with Crippen LogP contribution in [0.25, 0.3) is 0 Å². The van der Waals surface area contributed by atoms with Gasteiger partial charge in [0.25, 0.3) is 17.4 Å². The van der Waals surface area contributed by atoms with Crippen LogP contribution in [0.5, 0.6) is 0 Å². The van der Waals surface area contributed by atoms with Crippen molar-refractivity contribution in [1.29, 1.82) is 0 Å². The lowest BCUT2D eigenvalue weighted by molar-refractivity contribution is 0.0933. The van der Waals surface area contributed by atoms with Crippen molar-refractivity contribution in [3.8, 4) is 0 Å². The van der Waals surface area contributed by atoms with Crippen LogP contribution < -0.4 is 21.9 Å². The maximum Gasteiger partial charge on any atom is 0.261 e. The summed E-state index contributed by atoms with van der Waals surface area (Å²) in [4.78, 5) is 39.7. The van der Waals surface area contributed by atoms with Gasteiger partial charge in [-0.1, -0.05) is 24.3 Å². The van der Waals surface area contributed by atoms with Gasteiger partial charge in [-0.05, 0) is 74.1 Å². The highest BCUT2D eigenvalue weighted by molar-refractivity contribution is 6.00. The number of aromatic nitrogens is 1. The minimum atomic E-state index is -0.784. The van der Waals surface area contributed by atoms with E-state index in [9.17, 15) is 14.4 Å². The molecule has 2 aromatic carbocycles. The van der Waals surface area contributed by atoms with E-state index in [0.717, 1.165) is 34.5 Å². The number of carbonyl (C=O) groups is 2. The Bertz CT molecular complexity index is 1260. The van der Waals surface area contributed by atoms with Crippen LogP contribution in [0.2, 0.25) is 0 Å². The monoisotopic (exact) mass is 430 g/mol. The van der Waals surface area contributed by atoms with Gasteiger partial charge in [-0.2, -0.15) is 0 Å². The second kappa shape index (κ2) is 8.70. The van der Waals surface area contributed by atoms with Crippen molar-refractivity contribution in [2.24, 2.45) is 5.73 Å². The maximum atomic E-state index is 13.3. The van der Waals surface area contributed by atoms with Gasteiger partial charge < -0.3 is 21.4 Å². The number of para-hydroxylation sites is 1. The average Bonchev–Trinajstić information content (AvgIpc) is 2.76. The number of aryl methyl sites for hydroxylation is 2. The van der Waals surface area contributed by atoms with E-state index in [0.29, 0.717) is 24.1 Å². The Morgan fingerprint density at radius 1 is 1.03 bits per heavy atom. The Hall–Kier alpha value is -3.87. The molecule has 0 aliphatic heterocycles. The fourth-order valence-electron chi connectivity index (χ4n) is 4.13. The predicted molar refractivity (Wildman–Crippen MR) is 124 cm³/mol. The summed E-state index contributed by atoms with van der Waals surface area (Å²) < 4.78 is 0. The van der Waals surface area contributed by atoms with Crippen LogP contribution >= 0.6 is 0 Å². The van der Waals surface area contributed by atoms with E-state index in [1.807, 2.05) is 50.2 Å². The molecule has 1 atom stereocenters. The van der Waals surface area contributed by atoms with Crippen LogP contribution in [0, 0.1) is 13.8 Å². The van der Waals surface area contributed by atoms with Crippen molar-refractivity contribution < 1.29 is 9.59 Å². The first-order chi connectivity index (χ1) is 15.3. The molecule has 7 nitrogen and oxygen atoms in total. The van der Waals surface area contributed by atoms with Crippen molar-refractivity contribution in [3.63, 3.8) is 0 Å². The van der Waals surface area contributed by atoms with Gasteiger partial charge in [0, 0.05) is 11.4 Å². The van der Waals surface area contributed by atoms with E-state index < -0.39 is 11.5 Å². The third kappa shape index (κ3) is 4.14. The smallest absolute Gasteiger partial charge is 0.261 e. The summed E-state index contributed by atoms with van der Waals surface area (Å²) in [5.74, 6) is -1.02. The van der Waals surface area contributed by atoms with Crippen LogP contribution in [-0.4, -0.2) is 16.8 Å². The molecule has 1 unspecified atom stereocenters. The highest BCUT2D eigenvalue weighted by Crippen LogP contribution is 2.30. The fraction of sp³-hybridized carbons (Fsp3) is 0.240. The number of primary amides is 1. The fourth-order valence-corrected chi connectivity index (χ4v) is 4.13. The molecule has 4 rings (SSSR count). The van der Waals surface area contributed by atoms with Gasteiger partial charge in [-0.15, -0.1) is 0 Å². The van der Waals surface area contributed by atoms with Crippen molar-refractivity contribution in [2.45, 2.75) is 39.2 Å². The molecule has 0 saturated heterocycles. The van der Waals surface area contributed by atoms with Crippen molar-refractivity contribution in [1.82, 2.24) is 10.3 Å². The van der Waals surface area contributed by atoms with E-state index in [1.54, 1.807) is 6.07 Å². The van der Waals surface area contributed by atoms with Gasteiger partial charge in [0.05, 0.1) is 17.3 Å². The Balaban J connectivity index is 1.63. The highest BCUT2D eigenvalue weighted by atomic mass is 16.2. The summed E-state index contributed by atoms with van der Waals surface area (Å²) >= 11 is 0. The zero-order valence-corrected chi connectivity index (χ0v) is 18.1. The second-order valence-electron chi connectivity index (χ2n) is 8.15. The number of hydrogen-bond donors (Lipinski definition) is 4. The van der Waals surface area contributed by atoms with Crippen LogP contribution in [0.3, 0.4) is 0 Å². The number of amides is 2. The lowest BCUT2D eigenvalue weighted by atomic mass is 9.90. The molecule has 1 aliphatic carbocycles. The normalized spacial score (nSPS) is 15.0. The molecule has 0 saturated carbocycles. The van der Waals surface area contributed by atoms with Gasteiger partial charge >= 0.3 is 0 Å². The largest absolute Gasteiger partial charge is 0.365 e. The number of H-pyrrole nitrogens is 1.